The van der Waals surface area contributed by atoms with Gasteiger partial charge in [0.1, 0.15) is 11.8 Å². The van der Waals surface area contributed by atoms with E-state index in [1.54, 1.807) is 11.3 Å². The molecule has 0 saturated heterocycles. The molecule has 0 atom stereocenters. The number of imidazole rings is 1. The summed E-state index contributed by atoms with van der Waals surface area (Å²) in [6, 6.07) is 125. The van der Waals surface area contributed by atoms with Crippen molar-refractivity contribution in [3.05, 3.63) is 371 Å². The van der Waals surface area contributed by atoms with Gasteiger partial charge in [0.25, 0.3) is 0 Å². The number of fused-ring (bicyclic) bond motifs is 22. The lowest BCUT2D eigenvalue weighted by molar-refractivity contribution is 0.954. The zero-order chi connectivity index (χ0) is 80.5. The number of rotatable bonds is 12. The maximum atomic E-state index is 5.47. The Bertz CT molecular complexity index is 8870. The molecule has 0 fully saturated rings. The van der Waals surface area contributed by atoms with Crippen LogP contribution in [-0.4, -0.2) is 63.1 Å². The molecule has 0 aliphatic heterocycles. The van der Waals surface area contributed by atoms with Gasteiger partial charge in [-0.15, -0.1) is 34.0 Å². The Morgan fingerprint density at radius 3 is 1.22 bits per heavy atom. The summed E-state index contributed by atoms with van der Waals surface area (Å²) < 4.78 is 16.3. The molecule has 0 unspecified atom stereocenters. The van der Waals surface area contributed by atoms with Gasteiger partial charge >= 0.3 is 0 Å². The first-order valence-electron chi connectivity index (χ1n) is 40.9. The van der Waals surface area contributed by atoms with E-state index in [2.05, 4.69) is 328 Å². The first-order valence-corrected chi connectivity index (χ1v) is 43.3. The van der Waals surface area contributed by atoms with Crippen LogP contribution >= 0.6 is 34.0 Å². The topological polar surface area (TPSA) is 136 Å². The lowest BCUT2D eigenvalue weighted by Gasteiger charge is -2.12. The first-order chi connectivity index (χ1) is 60.9. The Hall–Kier alpha value is -15.9. The summed E-state index contributed by atoms with van der Waals surface area (Å²) >= 11 is 5.47. The van der Waals surface area contributed by atoms with Gasteiger partial charge in [0.05, 0.1) is 49.9 Å². The lowest BCUT2D eigenvalue weighted by Crippen LogP contribution is -2.06. The van der Waals surface area contributed by atoms with E-state index in [1.165, 1.54) is 76.7 Å². The van der Waals surface area contributed by atoms with Crippen molar-refractivity contribution in [2.24, 2.45) is 0 Å². The molecule has 0 bridgehead atoms. The Labute approximate surface area is 713 Å². The fourth-order valence-electron chi connectivity index (χ4n) is 18.7. The fourth-order valence-corrected chi connectivity index (χ4v) is 22.1. The SMILES string of the molecule is c1ccc(-c2ccc(-c3nc(-c4cccc(-c5ccc6c(c5)sc5ccc7c(c8ccccc8n7-c7ncc(-c8nc(-c9ccccc9)nc(-c9ccc(-c%10ccc%11sc%12ccc%13c(c%14ccccc%14n%13-c%13cccc%14c%13ncn%14-c%13ccccc%13)c%12c%11c%10)cc9)n8)cn7)c56)c4)nc(-n4c5ccccc5c5c6c(ccc54)sc4ccccc46)n3)cc2)cc1. The molecule has 0 N–H and O–H groups in total. The molecule has 0 radical (unpaired) electrons. The molecule has 13 nitrogen and oxygen atoms in total. The quantitative estimate of drug-likeness (QED) is 0.117. The van der Waals surface area contributed by atoms with Gasteiger partial charge < -0.3 is 4.57 Å². The van der Waals surface area contributed by atoms with Crippen LogP contribution in [0.1, 0.15) is 0 Å². The molecular formula is C107H61N13S3. The van der Waals surface area contributed by atoms with Crippen LogP contribution in [0.4, 0.5) is 0 Å². The molecule has 0 saturated carbocycles. The predicted molar refractivity (Wildman–Crippen MR) is 509 cm³/mol. The van der Waals surface area contributed by atoms with Crippen LogP contribution in [0, 0.1) is 0 Å². The van der Waals surface area contributed by atoms with Gasteiger partial charge in [-0.25, -0.2) is 34.9 Å². The second kappa shape index (κ2) is 27.4. The lowest BCUT2D eigenvalue weighted by atomic mass is 10.00. The van der Waals surface area contributed by atoms with Gasteiger partial charge in [-0.2, -0.15) is 9.97 Å². The number of aromatic nitrogens is 13. The van der Waals surface area contributed by atoms with E-state index in [0.717, 1.165) is 127 Å². The Kier molecular flexibility index (Phi) is 15.4. The van der Waals surface area contributed by atoms with E-state index >= 15 is 0 Å². The van der Waals surface area contributed by atoms with Gasteiger partial charge in [0.15, 0.2) is 29.1 Å². The fraction of sp³-hybridized carbons (Fsp3) is 0. The van der Waals surface area contributed by atoms with Crippen LogP contribution in [0.25, 0.3) is 251 Å². The molecule has 0 aliphatic carbocycles. The minimum Gasteiger partial charge on any atom is -0.307 e. The Morgan fingerprint density at radius 2 is 0.593 bits per heavy atom. The second-order valence-corrected chi connectivity index (χ2v) is 34.5. The second-order valence-electron chi connectivity index (χ2n) is 31.2. The summed E-state index contributed by atoms with van der Waals surface area (Å²) in [4.78, 5) is 47.2. The monoisotopic (exact) mass is 1620 g/mol. The molecule has 26 aromatic rings. The molecule has 0 aliphatic rings. The van der Waals surface area contributed by atoms with E-state index in [4.69, 9.17) is 44.9 Å². The van der Waals surface area contributed by atoms with Crippen LogP contribution in [0.15, 0.2) is 371 Å². The molecule has 16 aromatic carbocycles. The summed E-state index contributed by atoms with van der Waals surface area (Å²) in [6.45, 7) is 0. The number of nitrogens with zero attached hydrogens (tertiary/aromatic N) is 13. The minimum atomic E-state index is 0.467. The van der Waals surface area contributed by atoms with Crippen molar-refractivity contribution >= 4 is 171 Å². The minimum absolute atomic E-state index is 0.467. The van der Waals surface area contributed by atoms with Crippen molar-refractivity contribution in [1.82, 2.24) is 63.1 Å². The molecule has 123 heavy (non-hydrogen) atoms. The molecule has 26 rings (SSSR count). The van der Waals surface area contributed by atoms with Crippen molar-refractivity contribution in [3.8, 4) is 114 Å². The van der Waals surface area contributed by atoms with E-state index < -0.39 is 0 Å². The van der Waals surface area contributed by atoms with Gasteiger partial charge in [0, 0.05) is 133 Å². The highest BCUT2D eigenvalue weighted by Gasteiger charge is 2.27. The third kappa shape index (κ3) is 11.0. The van der Waals surface area contributed by atoms with E-state index in [0.29, 0.717) is 46.6 Å². The van der Waals surface area contributed by atoms with Crippen LogP contribution in [0.5, 0.6) is 0 Å². The molecular weight excluding hydrogens is 1560 g/mol. The number of hydrogen-bond donors (Lipinski definition) is 0. The average molecular weight is 1620 g/mol. The highest BCUT2D eigenvalue weighted by Crippen LogP contribution is 2.49. The molecule has 0 spiro atoms. The predicted octanol–water partition coefficient (Wildman–Crippen LogP) is 27.9. The van der Waals surface area contributed by atoms with Gasteiger partial charge in [0.2, 0.25) is 11.9 Å². The standard InChI is InChI=1S/C107H61N13S3/c1-4-20-62(21-5-1)63-38-42-67(43-39-63)103-114-104(116-107(115-103)120-82-34-16-12-30-76(82)96-85(120)51-54-90-97(96)77-31-13-17-37-88(77)121-90)71-25-18-24-68(56-71)70-46-48-78-93(58-70)123-91-55-50-84-95(98(78)91)75-29-11-15-33-81(75)119(84)106-108-59-72(60-109-106)105-112-101(65-22-6-2-7-23-65)111-102(113-105)66-44-40-64(41-45-66)69-47-52-89-79(57-69)99-92(122-89)53-49-83-94(99)74-28-10-14-32-80(74)118(83)87-36-19-35-86-100(87)110-61-117(86)73-26-8-3-9-27-73/h1-61H. The van der Waals surface area contributed by atoms with Crippen LogP contribution in [0.3, 0.4) is 0 Å². The van der Waals surface area contributed by atoms with Gasteiger partial charge in [-0.3, -0.25) is 13.7 Å². The zero-order valence-electron chi connectivity index (χ0n) is 65.3. The number of hydrogen-bond acceptors (Lipinski definition) is 12. The zero-order valence-corrected chi connectivity index (χ0v) is 67.7. The van der Waals surface area contributed by atoms with Gasteiger partial charge in [-0.05, 0) is 143 Å². The summed E-state index contributed by atoms with van der Waals surface area (Å²) in [6.07, 6.45) is 5.61. The number of benzene rings is 16. The highest BCUT2D eigenvalue weighted by molar-refractivity contribution is 7.27. The summed E-state index contributed by atoms with van der Waals surface area (Å²) in [5, 5.41) is 14.4. The average Bonchev–Trinajstić information content (AvgIpc) is 1.57. The molecule has 10 aromatic heterocycles. The number of thiophene rings is 3. The van der Waals surface area contributed by atoms with Crippen molar-refractivity contribution in [2.45, 2.75) is 0 Å². The third-order valence-electron chi connectivity index (χ3n) is 24.3. The van der Waals surface area contributed by atoms with Crippen molar-refractivity contribution in [1.29, 1.82) is 0 Å². The smallest absolute Gasteiger partial charge is 0.238 e. The highest BCUT2D eigenvalue weighted by atomic mass is 32.1. The molecule has 10 heterocycles. The Morgan fingerprint density at radius 1 is 0.203 bits per heavy atom. The molecule has 16 heteroatoms. The summed E-state index contributed by atoms with van der Waals surface area (Å²) in [7, 11) is 0. The van der Waals surface area contributed by atoms with Crippen molar-refractivity contribution in [3.63, 3.8) is 0 Å². The molecule has 572 valence electrons. The molecule has 0 amide bonds. The van der Waals surface area contributed by atoms with Crippen LogP contribution in [0.2, 0.25) is 0 Å². The van der Waals surface area contributed by atoms with Crippen molar-refractivity contribution < 1.29 is 0 Å². The number of para-hydroxylation sites is 5. The van der Waals surface area contributed by atoms with E-state index in [-0.39, 0.29) is 0 Å². The third-order valence-corrected chi connectivity index (χ3v) is 27.7. The first kappa shape index (κ1) is 69.1. The van der Waals surface area contributed by atoms with Crippen molar-refractivity contribution in [2.75, 3.05) is 0 Å². The Balaban J connectivity index is 0.532. The van der Waals surface area contributed by atoms with Crippen LogP contribution < -0.4 is 0 Å². The van der Waals surface area contributed by atoms with E-state index in [1.807, 2.05) is 83.9 Å². The summed E-state index contributed by atoms with van der Waals surface area (Å²) in [5.74, 6) is 3.81. The van der Waals surface area contributed by atoms with Gasteiger partial charge in [-0.1, -0.05) is 243 Å². The van der Waals surface area contributed by atoms with Crippen LogP contribution in [-0.2, 0) is 0 Å². The largest absolute Gasteiger partial charge is 0.307 e. The normalized spacial score (nSPS) is 12.1. The van der Waals surface area contributed by atoms with E-state index in [9.17, 15) is 0 Å². The maximum Gasteiger partial charge on any atom is 0.238 e. The summed E-state index contributed by atoms with van der Waals surface area (Å²) in [5.41, 5.74) is 21.2. The maximum absolute atomic E-state index is 5.47.